The van der Waals surface area contributed by atoms with Crippen LogP contribution in [0.5, 0.6) is 11.5 Å². The third kappa shape index (κ3) is 5.83. The van der Waals surface area contributed by atoms with Crippen LogP contribution in [0.3, 0.4) is 0 Å². The summed E-state index contributed by atoms with van der Waals surface area (Å²) in [5.74, 6) is 1.10. The summed E-state index contributed by atoms with van der Waals surface area (Å²) in [6, 6.07) is 16.9. The Hall–Kier alpha value is -2.94. The second-order valence-corrected chi connectivity index (χ2v) is 10.8. The van der Waals surface area contributed by atoms with Crippen molar-refractivity contribution in [1.82, 2.24) is 5.32 Å². The lowest BCUT2D eigenvalue weighted by Crippen LogP contribution is -2.29. The van der Waals surface area contributed by atoms with E-state index in [0.29, 0.717) is 35.8 Å². The summed E-state index contributed by atoms with van der Waals surface area (Å²) in [7, 11) is -3.64. The lowest BCUT2D eigenvalue weighted by molar-refractivity contribution is 0.0939. The fraction of sp³-hybridized carbons (Fsp3) is 0.240. The van der Waals surface area contributed by atoms with Crippen molar-refractivity contribution in [3.05, 3.63) is 87.4 Å². The zero-order valence-corrected chi connectivity index (χ0v) is 21.5. The van der Waals surface area contributed by atoms with Gasteiger partial charge < -0.3 is 14.8 Å². The first-order valence-corrected chi connectivity index (χ1v) is 13.4. The number of benzene rings is 3. The quantitative estimate of drug-likeness (QED) is 0.449. The van der Waals surface area contributed by atoms with Crippen molar-refractivity contribution >= 4 is 44.8 Å². The molecule has 1 heterocycles. The first kappa shape index (κ1) is 25.2. The molecule has 3 aromatic carbocycles. The van der Waals surface area contributed by atoms with Gasteiger partial charge in [0.25, 0.3) is 5.91 Å². The fourth-order valence-corrected chi connectivity index (χ4v) is 5.03. The zero-order valence-electron chi connectivity index (χ0n) is 19.1. The molecule has 1 amide bonds. The van der Waals surface area contributed by atoms with Gasteiger partial charge in [0.15, 0.2) is 11.5 Å². The fourth-order valence-electron chi connectivity index (χ4n) is 3.69. The summed E-state index contributed by atoms with van der Waals surface area (Å²) in [5, 5.41) is 3.39. The lowest BCUT2D eigenvalue weighted by Gasteiger charge is -2.24. The summed E-state index contributed by atoms with van der Waals surface area (Å²) < 4.78 is 37.3. The van der Waals surface area contributed by atoms with E-state index in [2.05, 4.69) is 5.32 Å². The highest BCUT2D eigenvalue weighted by Crippen LogP contribution is 2.35. The minimum atomic E-state index is -3.64. The van der Waals surface area contributed by atoms with Gasteiger partial charge in [-0.2, -0.15) is 0 Å². The number of rotatable bonds is 7. The maximum atomic E-state index is 12.8. The van der Waals surface area contributed by atoms with E-state index in [1.165, 1.54) is 4.31 Å². The summed E-state index contributed by atoms with van der Waals surface area (Å²) in [6.07, 6.45) is 1.10. The van der Waals surface area contributed by atoms with Crippen LogP contribution in [0, 0.1) is 0 Å². The highest BCUT2D eigenvalue weighted by Gasteiger charge is 2.22. The van der Waals surface area contributed by atoms with Crippen molar-refractivity contribution in [3.63, 3.8) is 0 Å². The number of fused-ring (bicyclic) bond motifs is 1. The predicted molar refractivity (Wildman–Crippen MR) is 137 cm³/mol. The Morgan fingerprint density at radius 2 is 1.71 bits per heavy atom. The number of sulfonamides is 1. The van der Waals surface area contributed by atoms with Gasteiger partial charge in [-0.15, -0.1) is 0 Å². The number of amides is 1. The highest BCUT2D eigenvalue weighted by atomic mass is 35.5. The van der Waals surface area contributed by atoms with Crippen LogP contribution in [0.4, 0.5) is 5.69 Å². The van der Waals surface area contributed by atoms with Gasteiger partial charge in [-0.05, 0) is 54.4 Å². The Kier molecular flexibility index (Phi) is 7.44. The van der Waals surface area contributed by atoms with Gasteiger partial charge in [-0.1, -0.05) is 47.5 Å². The van der Waals surface area contributed by atoms with Crippen molar-refractivity contribution in [3.8, 4) is 11.5 Å². The summed E-state index contributed by atoms with van der Waals surface area (Å²) in [5.41, 5.74) is 2.31. The second kappa shape index (κ2) is 10.4. The molecule has 0 aliphatic carbocycles. The number of carbonyl (C=O) groups is 1. The van der Waals surface area contributed by atoms with Crippen LogP contribution < -0.4 is 19.1 Å². The van der Waals surface area contributed by atoms with Crippen LogP contribution in [-0.2, 0) is 16.6 Å². The van der Waals surface area contributed by atoms with Gasteiger partial charge in [-0.25, -0.2) is 8.42 Å². The van der Waals surface area contributed by atoms with Crippen LogP contribution in [0.15, 0.2) is 60.7 Å². The van der Waals surface area contributed by atoms with Gasteiger partial charge in [-0.3, -0.25) is 9.10 Å². The monoisotopic (exact) mass is 534 g/mol. The SMILES string of the molecule is C[C@H](NC(=O)c1ccc(CN(c2cccc(Cl)c2Cl)S(C)(=O)=O)cc1)c1ccc2c(c1)OCCO2. The van der Waals surface area contributed by atoms with Crippen LogP contribution >= 0.6 is 23.2 Å². The molecule has 0 aromatic heterocycles. The molecule has 184 valence electrons. The van der Waals surface area contributed by atoms with E-state index in [-0.39, 0.29) is 34.2 Å². The average molecular weight is 535 g/mol. The molecule has 0 bridgehead atoms. The van der Waals surface area contributed by atoms with E-state index >= 15 is 0 Å². The third-order valence-electron chi connectivity index (χ3n) is 5.56. The molecule has 0 saturated heterocycles. The smallest absolute Gasteiger partial charge is 0.251 e. The largest absolute Gasteiger partial charge is 0.486 e. The van der Waals surface area contributed by atoms with Crippen LogP contribution in [0.25, 0.3) is 0 Å². The molecule has 1 aliphatic rings. The maximum absolute atomic E-state index is 12.8. The van der Waals surface area contributed by atoms with E-state index in [1.54, 1.807) is 42.5 Å². The number of hydrogen-bond acceptors (Lipinski definition) is 5. The molecule has 4 rings (SSSR count). The third-order valence-corrected chi connectivity index (χ3v) is 7.49. The van der Waals surface area contributed by atoms with Crippen molar-refractivity contribution in [2.24, 2.45) is 0 Å². The van der Waals surface area contributed by atoms with Gasteiger partial charge in [0.05, 0.1) is 34.6 Å². The molecule has 7 nitrogen and oxygen atoms in total. The van der Waals surface area contributed by atoms with Gasteiger partial charge in [0.1, 0.15) is 13.2 Å². The molecule has 0 saturated carbocycles. The minimum absolute atomic E-state index is 0.0361. The molecule has 0 fully saturated rings. The first-order chi connectivity index (χ1) is 16.6. The lowest BCUT2D eigenvalue weighted by atomic mass is 10.1. The molecule has 1 aliphatic heterocycles. The van der Waals surface area contributed by atoms with Crippen LogP contribution in [0.1, 0.15) is 34.5 Å². The van der Waals surface area contributed by atoms with Crippen LogP contribution in [-0.4, -0.2) is 33.8 Å². The number of anilines is 1. The van der Waals surface area contributed by atoms with Crippen molar-refractivity contribution in [1.29, 1.82) is 0 Å². The molecule has 10 heteroatoms. The molecule has 1 atom stereocenters. The molecule has 0 spiro atoms. The van der Waals surface area contributed by atoms with E-state index in [9.17, 15) is 13.2 Å². The van der Waals surface area contributed by atoms with Crippen molar-refractivity contribution < 1.29 is 22.7 Å². The number of carbonyl (C=O) groups excluding carboxylic acids is 1. The molecular formula is C25H24Cl2N2O5S. The van der Waals surface area contributed by atoms with E-state index in [0.717, 1.165) is 11.8 Å². The summed E-state index contributed by atoms with van der Waals surface area (Å²) in [4.78, 5) is 12.8. The Labute approximate surface area is 214 Å². The summed E-state index contributed by atoms with van der Waals surface area (Å²) >= 11 is 12.3. The number of nitrogens with one attached hydrogen (secondary N) is 1. The minimum Gasteiger partial charge on any atom is -0.486 e. The second-order valence-electron chi connectivity index (χ2n) is 8.14. The van der Waals surface area contributed by atoms with E-state index < -0.39 is 10.0 Å². The van der Waals surface area contributed by atoms with Crippen LogP contribution in [0.2, 0.25) is 10.0 Å². The number of hydrogen-bond donors (Lipinski definition) is 1. The standard InChI is InChI=1S/C25H24Cl2N2O5S/c1-16(19-10-11-22-23(14-19)34-13-12-33-22)28-25(30)18-8-6-17(7-9-18)15-29(35(2,31)32)21-5-3-4-20(26)24(21)27/h3-11,14,16H,12-13,15H2,1-2H3,(H,28,30)/t16-/m0/s1. The van der Waals surface area contributed by atoms with E-state index in [4.69, 9.17) is 32.7 Å². The Morgan fingerprint density at radius 1 is 1.03 bits per heavy atom. The molecule has 3 aromatic rings. The first-order valence-electron chi connectivity index (χ1n) is 10.8. The Morgan fingerprint density at radius 3 is 2.40 bits per heavy atom. The number of halogens is 2. The highest BCUT2D eigenvalue weighted by molar-refractivity contribution is 7.92. The zero-order chi connectivity index (χ0) is 25.2. The number of nitrogens with zero attached hydrogens (tertiary/aromatic N) is 1. The number of ether oxygens (including phenoxy) is 2. The normalized spacial score (nSPS) is 13.7. The Balaban J connectivity index is 1.47. The topological polar surface area (TPSA) is 84.9 Å². The van der Waals surface area contributed by atoms with Gasteiger partial charge in [0.2, 0.25) is 10.0 Å². The van der Waals surface area contributed by atoms with Crippen molar-refractivity contribution in [2.45, 2.75) is 19.5 Å². The molecule has 35 heavy (non-hydrogen) atoms. The Bertz CT molecular complexity index is 1350. The predicted octanol–water partition coefficient (Wildman–Crippen LogP) is 5.22. The van der Waals surface area contributed by atoms with Gasteiger partial charge >= 0.3 is 0 Å². The molecule has 0 radical (unpaired) electrons. The molecule has 1 N–H and O–H groups in total. The molecule has 0 unspecified atom stereocenters. The average Bonchev–Trinajstić information content (AvgIpc) is 2.84. The molecular weight excluding hydrogens is 511 g/mol. The summed E-state index contributed by atoms with van der Waals surface area (Å²) in [6.45, 7) is 2.93. The maximum Gasteiger partial charge on any atom is 0.251 e. The van der Waals surface area contributed by atoms with E-state index in [1.807, 2.05) is 25.1 Å². The van der Waals surface area contributed by atoms with Crippen molar-refractivity contribution in [2.75, 3.05) is 23.8 Å². The van der Waals surface area contributed by atoms with Gasteiger partial charge in [0, 0.05) is 5.56 Å².